The maximum Gasteiger partial charge on any atom is 0.321 e. The first-order chi connectivity index (χ1) is 11.8. The molecule has 0 saturated carbocycles. The maximum absolute atomic E-state index is 11.7. The number of hydrogen-bond acceptors (Lipinski definition) is 4. The van der Waals surface area contributed by atoms with Crippen molar-refractivity contribution in [2.45, 2.75) is 6.54 Å². The summed E-state index contributed by atoms with van der Waals surface area (Å²) in [5.74, 6) is 1.61. The minimum absolute atomic E-state index is 0.0352. The summed E-state index contributed by atoms with van der Waals surface area (Å²) in [5, 5.41) is 6.18. The van der Waals surface area contributed by atoms with Crippen molar-refractivity contribution in [1.29, 1.82) is 0 Å². The topological polar surface area (TPSA) is 62.8 Å². The van der Waals surface area contributed by atoms with Crippen LogP contribution in [0.1, 0.15) is 5.56 Å². The molecular weight excluding hydrogens is 306 g/mol. The molecule has 6 nitrogen and oxygen atoms in total. The second-order valence-corrected chi connectivity index (χ2v) is 5.76. The van der Waals surface area contributed by atoms with E-state index in [4.69, 9.17) is 9.47 Å². The summed E-state index contributed by atoms with van der Waals surface area (Å²) in [5.41, 5.74) is 3.05. The van der Waals surface area contributed by atoms with Crippen LogP contribution in [0.3, 0.4) is 0 Å². The number of carbonyl (C=O) groups is 1. The Labute approximate surface area is 140 Å². The van der Waals surface area contributed by atoms with Gasteiger partial charge in [-0.05, 0) is 42.0 Å². The molecule has 0 atom stereocenters. The van der Waals surface area contributed by atoms with Gasteiger partial charge in [-0.2, -0.15) is 0 Å². The van der Waals surface area contributed by atoms with E-state index >= 15 is 0 Å². The van der Waals surface area contributed by atoms with Gasteiger partial charge < -0.3 is 20.1 Å². The van der Waals surface area contributed by atoms with E-state index in [0.29, 0.717) is 32.8 Å². The molecule has 2 N–H and O–H groups in total. The minimum Gasteiger partial charge on any atom is -0.486 e. The van der Waals surface area contributed by atoms with Crippen LogP contribution in [0.5, 0.6) is 11.5 Å². The molecule has 2 aliphatic rings. The Hall–Kier alpha value is -2.89. The lowest BCUT2D eigenvalue weighted by Crippen LogP contribution is -2.27. The lowest BCUT2D eigenvalue weighted by Gasteiger charge is -2.19. The van der Waals surface area contributed by atoms with Gasteiger partial charge in [0.05, 0.1) is 0 Å². The summed E-state index contributed by atoms with van der Waals surface area (Å²) in [7, 11) is 0. The Morgan fingerprint density at radius 3 is 2.58 bits per heavy atom. The van der Waals surface area contributed by atoms with Gasteiger partial charge in [-0.25, -0.2) is 4.79 Å². The number of anilines is 2. The first kappa shape index (κ1) is 14.7. The quantitative estimate of drug-likeness (QED) is 0.907. The third-order valence-corrected chi connectivity index (χ3v) is 4.14. The van der Waals surface area contributed by atoms with Crippen molar-refractivity contribution in [3.8, 4) is 11.5 Å². The number of benzene rings is 2. The summed E-state index contributed by atoms with van der Waals surface area (Å²) in [4.78, 5) is 13.4. The fourth-order valence-corrected chi connectivity index (χ4v) is 2.88. The van der Waals surface area contributed by atoms with Gasteiger partial charge in [0, 0.05) is 31.0 Å². The summed E-state index contributed by atoms with van der Waals surface area (Å²) in [6.07, 6.45) is 0. The molecule has 2 aromatic rings. The molecule has 1 fully saturated rings. The number of nitrogens with one attached hydrogen (secondary N) is 2. The molecule has 24 heavy (non-hydrogen) atoms. The number of rotatable bonds is 4. The van der Waals surface area contributed by atoms with Gasteiger partial charge in [0.15, 0.2) is 11.5 Å². The van der Waals surface area contributed by atoms with Gasteiger partial charge in [0.2, 0.25) is 0 Å². The summed E-state index contributed by atoms with van der Waals surface area (Å²) >= 11 is 0. The SMILES string of the molecule is O=C1NCCN1c1ccc(NCc2ccc3c(c2)OCCO3)cc1. The molecule has 0 bridgehead atoms. The largest absolute Gasteiger partial charge is 0.486 e. The number of hydrogen-bond donors (Lipinski definition) is 2. The zero-order chi connectivity index (χ0) is 16.4. The van der Waals surface area contributed by atoms with E-state index in [0.717, 1.165) is 28.4 Å². The van der Waals surface area contributed by atoms with Gasteiger partial charge in [0.25, 0.3) is 0 Å². The van der Waals surface area contributed by atoms with E-state index in [1.54, 1.807) is 4.90 Å². The highest BCUT2D eigenvalue weighted by atomic mass is 16.6. The van der Waals surface area contributed by atoms with Gasteiger partial charge in [-0.15, -0.1) is 0 Å². The number of ether oxygens (including phenoxy) is 2. The molecule has 0 aliphatic carbocycles. The summed E-state index contributed by atoms with van der Waals surface area (Å²) < 4.78 is 11.1. The predicted molar refractivity (Wildman–Crippen MR) is 91.9 cm³/mol. The molecule has 0 radical (unpaired) electrons. The zero-order valence-electron chi connectivity index (χ0n) is 13.2. The average Bonchev–Trinajstić information content (AvgIpc) is 3.06. The van der Waals surface area contributed by atoms with E-state index in [-0.39, 0.29) is 6.03 Å². The average molecular weight is 325 g/mol. The van der Waals surface area contributed by atoms with Gasteiger partial charge in [-0.3, -0.25) is 4.90 Å². The molecule has 124 valence electrons. The lowest BCUT2D eigenvalue weighted by molar-refractivity contribution is 0.171. The van der Waals surface area contributed by atoms with E-state index in [1.807, 2.05) is 42.5 Å². The Morgan fingerprint density at radius 1 is 1.04 bits per heavy atom. The van der Waals surface area contributed by atoms with Crippen molar-refractivity contribution in [3.63, 3.8) is 0 Å². The van der Waals surface area contributed by atoms with E-state index < -0.39 is 0 Å². The molecule has 2 amide bonds. The number of carbonyl (C=O) groups excluding carboxylic acids is 1. The number of amides is 2. The number of urea groups is 1. The number of nitrogens with zero attached hydrogens (tertiary/aromatic N) is 1. The van der Waals surface area contributed by atoms with Crippen molar-refractivity contribution in [3.05, 3.63) is 48.0 Å². The molecule has 1 saturated heterocycles. The second kappa shape index (κ2) is 6.31. The monoisotopic (exact) mass is 325 g/mol. The highest BCUT2D eigenvalue weighted by Gasteiger charge is 2.20. The smallest absolute Gasteiger partial charge is 0.321 e. The van der Waals surface area contributed by atoms with Crippen LogP contribution in [-0.2, 0) is 6.54 Å². The lowest BCUT2D eigenvalue weighted by atomic mass is 10.2. The van der Waals surface area contributed by atoms with Crippen LogP contribution in [0.2, 0.25) is 0 Å². The normalized spacial score (nSPS) is 16.0. The molecule has 2 aliphatic heterocycles. The number of fused-ring (bicyclic) bond motifs is 1. The van der Waals surface area contributed by atoms with Crippen LogP contribution in [0.4, 0.5) is 16.2 Å². The molecule has 0 unspecified atom stereocenters. The molecule has 6 heteroatoms. The molecule has 4 rings (SSSR count). The van der Waals surface area contributed by atoms with Crippen LogP contribution in [0.15, 0.2) is 42.5 Å². The fraction of sp³-hybridized carbons (Fsp3) is 0.278. The Kier molecular flexibility index (Phi) is 3.86. The van der Waals surface area contributed by atoms with Crippen molar-refractivity contribution < 1.29 is 14.3 Å². The van der Waals surface area contributed by atoms with E-state index in [2.05, 4.69) is 10.6 Å². The predicted octanol–water partition coefficient (Wildman–Crippen LogP) is 2.60. The first-order valence-corrected chi connectivity index (χ1v) is 8.07. The van der Waals surface area contributed by atoms with Gasteiger partial charge >= 0.3 is 6.03 Å². The highest BCUT2D eigenvalue weighted by Crippen LogP contribution is 2.31. The van der Waals surface area contributed by atoms with E-state index in [1.165, 1.54) is 0 Å². The Balaban J connectivity index is 1.40. The van der Waals surface area contributed by atoms with Crippen LogP contribution < -0.4 is 25.0 Å². The summed E-state index contributed by atoms with van der Waals surface area (Å²) in [6.45, 7) is 3.30. The first-order valence-electron chi connectivity index (χ1n) is 8.07. The molecule has 0 spiro atoms. The van der Waals surface area contributed by atoms with Gasteiger partial charge in [0.1, 0.15) is 13.2 Å². The second-order valence-electron chi connectivity index (χ2n) is 5.76. The van der Waals surface area contributed by atoms with Crippen molar-refractivity contribution in [1.82, 2.24) is 5.32 Å². The van der Waals surface area contributed by atoms with Crippen LogP contribution in [0, 0.1) is 0 Å². The summed E-state index contributed by atoms with van der Waals surface area (Å²) in [6, 6.07) is 13.8. The zero-order valence-corrected chi connectivity index (χ0v) is 13.2. The minimum atomic E-state index is -0.0352. The highest BCUT2D eigenvalue weighted by molar-refractivity contribution is 5.94. The fourth-order valence-electron chi connectivity index (χ4n) is 2.88. The standard InChI is InChI=1S/C18H19N3O3/c22-18-19-7-8-21(18)15-4-2-14(3-5-15)20-12-13-1-6-16-17(11-13)24-10-9-23-16/h1-6,11,20H,7-10,12H2,(H,19,22). The third-order valence-electron chi connectivity index (χ3n) is 4.14. The van der Waals surface area contributed by atoms with E-state index in [9.17, 15) is 4.79 Å². The molecule has 2 aromatic carbocycles. The third kappa shape index (κ3) is 2.95. The van der Waals surface area contributed by atoms with Crippen molar-refractivity contribution in [2.24, 2.45) is 0 Å². The molecule has 0 aromatic heterocycles. The Bertz CT molecular complexity index is 746. The van der Waals surface area contributed by atoms with Crippen molar-refractivity contribution >= 4 is 17.4 Å². The van der Waals surface area contributed by atoms with Gasteiger partial charge in [-0.1, -0.05) is 6.07 Å². The maximum atomic E-state index is 11.7. The van der Waals surface area contributed by atoms with Crippen LogP contribution in [-0.4, -0.2) is 32.3 Å². The molecular formula is C18H19N3O3. The Morgan fingerprint density at radius 2 is 1.83 bits per heavy atom. The van der Waals surface area contributed by atoms with Crippen LogP contribution in [0.25, 0.3) is 0 Å². The van der Waals surface area contributed by atoms with Crippen molar-refractivity contribution in [2.75, 3.05) is 36.5 Å². The molecule has 2 heterocycles. The van der Waals surface area contributed by atoms with Crippen LogP contribution >= 0.6 is 0 Å².